The topological polar surface area (TPSA) is 237 Å². The van der Waals surface area contributed by atoms with Crippen molar-refractivity contribution in [2.45, 2.75) is 361 Å². The Labute approximate surface area is 566 Å². The van der Waals surface area contributed by atoms with Crippen LogP contribution in [0.5, 0.6) is 0 Å². The van der Waals surface area contributed by atoms with Crippen molar-refractivity contribution in [1.29, 1.82) is 0 Å². The molecule has 0 amide bonds. The molecule has 0 aliphatic rings. The van der Waals surface area contributed by atoms with Gasteiger partial charge in [-0.2, -0.15) is 0 Å². The van der Waals surface area contributed by atoms with E-state index in [2.05, 4.69) is 76.3 Å². The number of ether oxygens (including phenoxy) is 4. The molecule has 19 heteroatoms. The van der Waals surface area contributed by atoms with E-state index in [-0.39, 0.29) is 25.7 Å². The molecule has 0 aromatic rings. The van der Waals surface area contributed by atoms with E-state index >= 15 is 0 Å². The standard InChI is InChI=1S/C74H136O17P2/c1-5-9-13-17-21-25-29-32-34-37-39-43-46-50-54-58-71(76)84-64-69(90-73(78)60-56-52-48-42-28-24-20-16-12-8-4)66-88-92(80,81)86-62-68(75)63-87-93(82,83)89-67-70(91-74(79)61-57-53-49-45-41-36-31-27-23-19-15-11-7-3)65-85-72(77)59-55-51-47-44-40-38-35-33-30-26-22-18-14-10-6-2/h15,19,21,25,27,31-32,34,68-70,75H,5-14,16-18,20,22-24,26,28-30,33,35-67H2,1-4H3,(H,80,81)(H,82,83)/b19-15+,25-21+,31-27-,34-32+/t68-,69-,70-/m1/s1. The van der Waals surface area contributed by atoms with Gasteiger partial charge in [-0.1, -0.05) is 282 Å². The molecule has 0 saturated heterocycles. The molecule has 0 aliphatic heterocycles. The van der Waals surface area contributed by atoms with Gasteiger partial charge in [0.05, 0.1) is 26.4 Å². The lowest BCUT2D eigenvalue weighted by molar-refractivity contribution is -0.161. The second-order valence-corrected chi connectivity index (χ2v) is 28.2. The number of carbonyl (C=O) groups excluding carboxylic acids is 4. The quantitative estimate of drug-likeness (QED) is 0.0169. The first-order chi connectivity index (χ1) is 45.2. The molecule has 0 aromatic carbocycles. The van der Waals surface area contributed by atoms with Gasteiger partial charge in [0.1, 0.15) is 19.3 Å². The summed E-state index contributed by atoms with van der Waals surface area (Å²) in [6.45, 7) is 4.79. The fourth-order valence-corrected chi connectivity index (χ4v) is 11.9. The predicted molar refractivity (Wildman–Crippen MR) is 377 cm³/mol. The van der Waals surface area contributed by atoms with Crippen molar-refractivity contribution >= 4 is 39.5 Å². The first-order valence-corrected chi connectivity index (χ1v) is 40.4. The molecule has 0 fully saturated rings. The molecule has 2 unspecified atom stereocenters. The molecular weight excluding hydrogens is 1220 g/mol. The SMILES string of the molecule is CCC/C=C/C/C=C\CCCCCCCC(=O)O[C@H](COC(=O)CCCCCCCCCCCCCCCCC)COP(=O)(O)OC[C@H](O)COP(=O)(O)OC[C@@H](COC(=O)CCCCCCC/C=C/C/C=C/CCCCC)OC(=O)CCCCCCCCCCCC. The maximum atomic E-state index is 13.0. The highest BCUT2D eigenvalue weighted by Crippen LogP contribution is 2.45. The Morgan fingerprint density at radius 2 is 0.548 bits per heavy atom. The molecule has 0 spiro atoms. The number of hydrogen-bond acceptors (Lipinski definition) is 15. The van der Waals surface area contributed by atoms with Crippen LogP contribution in [0.25, 0.3) is 0 Å². The van der Waals surface area contributed by atoms with Crippen LogP contribution in [0, 0.1) is 0 Å². The Bertz CT molecular complexity index is 1960. The van der Waals surface area contributed by atoms with E-state index in [9.17, 15) is 43.2 Å². The third-order valence-electron chi connectivity index (χ3n) is 16.0. The monoisotopic (exact) mass is 1360 g/mol. The van der Waals surface area contributed by atoms with Crippen LogP contribution in [0.15, 0.2) is 48.6 Å². The minimum absolute atomic E-state index is 0.0847. The fraction of sp³-hybridized carbons (Fsp3) is 0.838. The van der Waals surface area contributed by atoms with Crippen molar-refractivity contribution in [3.63, 3.8) is 0 Å². The third-order valence-corrected chi connectivity index (χ3v) is 17.9. The van der Waals surface area contributed by atoms with E-state index < -0.39 is 97.5 Å². The first-order valence-electron chi connectivity index (χ1n) is 37.4. The summed E-state index contributed by atoms with van der Waals surface area (Å²) in [6, 6.07) is 0. The number of rotatable bonds is 71. The highest BCUT2D eigenvalue weighted by Gasteiger charge is 2.30. The average Bonchev–Trinajstić information content (AvgIpc) is 1.91. The largest absolute Gasteiger partial charge is 0.472 e. The summed E-state index contributed by atoms with van der Waals surface area (Å²) in [7, 11) is -9.93. The molecule has 17 nitrogen and oxygen atoms in total. The number of allylic oxidation sites excluding steroid dienone is 8. The van der Waals surface area contributed by atoms with Crippen LogP contribution in [0.1, 0.15) is 342 Å². The second kappa shape index (κ2) is 67.6. The minimum Gasteiger partial charge on any atom is -0.462 e. The van der Waals surface area contributed by atoms with Gasteiger partial charge in [-0.15, -0.1) is 0 Å². The number of phosphoric acid groups is 2. The van der Waals surface area contributed by atoms with Gasteiger partial charge in [0, 0.05) is 25.7 Å². The van der Waals surface area contributed by atoms with Crippen molar-refractivity contribution in [2.24, 2.45) is 0 Å². The molecule has 0 heterocycles. The van der Waals surface area contributed by atoms with Crippen molar-refractivity contribution in [3.05, 3.63) is 48.6 Å². The summed E-state index contributed by atoms with van der Waals surface area (Å²) in [5.41, 5.74) is 0. The lowest BCUT2D eigenvalue weighted by Crippen LogP contribution is -2.30. The van der Waals surface area contributed by atoms with Crippen LogP contribution in [0.4, 0.5) is 0 Å². The molecule has 93 heavy (non-hydrogen) atoms. The Morgan fingerprint density at radius 3 is 0.860 bits per heavy atom. The van der Waals surface area contributed by atoms with Crippen molar-refractivity contribution in [2.75, 3.05) is 39.6 Å². The van der Waals surface area contributed by atoms with Crippen LogP contribution in [0.3, 0.4) is 0 Å². The van der Waals surface area contributed by atoms with Gasteiger partial charge in [0.25, 0.3) is 0 Å². The van der Waals surface area contributed by atoms with E-state index in [0.29, 0.717) is 25.7 Å². The van der Waals surface area contributed by atoms with Gasteiger partial charge >= 0.3 is 39.5 Å². The van der Waals surface area contributed by atoms with Crippen LogP contribution in [-0.2, 0) is 65.4 Å². The van der Waals surface area contributed by atoms with Gasteiger partial charge in [0.15, 0.2) is 12.2 Å². The minimum atomic E-state index is -4.96. The number of hydrogen-bond donors (Lipinski definition) is 3. The van der Waals surface area contributed by atoms with Gasteiger partial charge in [-0.05, 0) is 83.5 Å². The fourth-order valence-electron chi connectivity index (χ4n) is 10.3. The highest BCUT2D eigenvalue weighted by molar-refractivity contribution is 7.47. The summed E-state index contributed by atoms with van der Waals surface area (Å²) >= 11 is 0. The molecule has 0 rings (SSSR count). The van der Waals surface area contributed by atoms with E-state index in [1.807, 2.05) is 0 Å². The molecule has 0 bridgehead atoms. The summed E-state index contributed by atoms with van der Waals surface area (Å²) in [5.74, 6) is -2.17. The molecule has 0 aliphatic carbocycles. The zero-order valence-electron chi connectivity index (χ0n) is 59.2. The zero-order chi connectivity index (χ0) is 68.2. The van der Waals surface area contributed by atoms with Gasteiger partial charge in [0.2, 0.25) is 0 Å². The van der Waals surface area contributed by atoms with Crippen LogP contribution in [-0.4, -0.2) is 96.7 Å². The van der Waals surface area contributed by atoms with Crippen LogP contribution < -0.4 is 0 Å². The number of carbonyl (C=O) groups is 4. The Balaban J connectivity index is 5.28. The summed E-state index contributed by atoms with van der Waals surface area (Å²) in [4.78, 5) is 72.6. The number of phosphoric ester groups is 2. The molecule has 3 N–H and O–H groups in total. The van der Waals surface area contributed by atoms with E-state index in [1.54, 1.807) is 0 Å². The lowest BCUT2D eigenvalue weighted by atomic mass is 10.0. The number of aliphatic hydroxyl groups excluding tert-OH is 1. The smallest absolute Gasteiger partial charge is 0.462 e. The molecule has 0 saturated carbocycles. The normalized spacial score (nSPS) is 14.3. The Kier molecular flexibility index (Phi) is 65.4. The number of unbranched alkanes of at least 4 members (excludes halogenated alkanes) is 37. The van der Waals surface area contributed by atoms with E-state index in [0.717, 1.165) is 141 Å². The van der Waals surface area contributed by atoms with E-state index in [4.69, 9.17) is 37.0 Å². The zero-order valence-corrected chi connectivity index (χ0v) is 61.0. The lowest BCUT2D eigenvalue weighted by Gasteiger charge is -2.21. The van der Waals surface area contributed by atoms with Crippen LogP contribution in [0.2, 0.25) is 0 Å². The van der Waals surface area contributed by atoms with Crippen LogP contribution >= 0.6 is 15.6 Å². The predicted octanol–water partition coefficient (Wildman–Crippen LogP) is 20.9. The van der Waals surface area contributed by atoms with Crippen molar-refractivity contribution in [1.82, 2.24) is 0 Å². The maximum Gasteiger partial charge on any atom is 0.472 e. The van der Waals surface area contributed by atoms with E-state index in [1.165, 1.54) is 122 Å². The number of aliphatic hydroxyl groups is 1. The number of esters is 4. The highest BCUT2D eigenvalue weighted by atomic mass is 31.2. The molecule has 0 aromatic heterocycles. The Hall–Kier alpha value is -2.98. The summed E-state index contributed by atoms with van der Waals surface area (Å²) in [5, 5.41) is 10.6. The van der Waals surface area contributed by atoms with Crippen molar-refractivity contribution in [3.8, 4) is 0 Å². The maximum absolute atomic E-state index is 13.0. The van der Waals surface area contributed by atoms with Gasteiger partial charge < -0.3 is 33.8 Å². The average molecular weight is 1360 g/mol. The molecule has 544 valence electrons. The van der Waals surface area contributed by atoms with Gasteiger partial charge in [-0.25, -0.2) is 9.13 Å². The third kappa shape index (κ3) is 67.4. The first kappa shape index (κ1) is 90.0. The molecule has 5 atom stereocenters. The summed E-state index contributed by atoms with van der Waals surface area (Å²) in [6.07, 6.45) is 62.5. The second-order valence-electron chi connectivity index (χ2n) is 25.2. The van der Waals surface area contributed by atoms with Gasteiger partial charge in [-0.3, -0.25) is 37.3 Å². The Morgan fingerprint density at radius 1 is 0.301 bits per heavy atom. The molecular formula is C74H136O17P2. The molecule has 0 radical (unpaired) electrons. The summed E-state index contributed by atoms with van der Waals surface area (Å²) < 4.78 is 68.3. The van der Waals surface area contributed by atoms with Crippen molar-refractivity contribution < 1.29 is 80.2 Å².